The third-order valence-electron chi connectivity index (χ3n) is 4.02. The SMILES string of the molecule is CC(N)=C(C#N)C(=O)CSc1nc2cc([N+](=O)[O-])ccc2n1-c1ccc(F)cc1. The summed E-state index contributed by atoms with van der Waals surface area (Å²) in [6, 6.07) is 11.6. The number of ketones is 1. The van der Waals surface area contributed by atoms with Gasteiger partial charge in [-0.25, -0.2) is 9.37 Å². The number of hydrogen-bond acceptors (Lipinski definition) is 7. The van der Waals surface area contributed by atoms with Gasteiger partial charge in [0.25, 0.3) is 5.69 Å². The Hall–Kier alpha value is -3.71. The van der Waals surface area contributed by atoms with E-state index in [1.165, 1.54) is 43.3 Å². The molecule has 0 aliphatic heterocycles. The van der Waals surface area contributed by atoms with Crippen LogP contribution in [0.5, 0.6) is 0 Å². The molecule has 146 valence electrons. The molecule has 0 radical (unpaired) electrons. The fourth-order valence-corrected chi connectivity index (χ4v) is 3.57. The first-order valence-corrected chi connectivity index (χ1v) is 9.25. The standard InChI is InChI=1S/C19H14FN5O3S/c1-11(22)15(9-21)18(26)10-29-19-23-16-8-14(25(27)28)6-7-17(16)24(19)13-4-2-12(20)3-5-13/h2-8H,10,22H2,1H3. The fourth-order valence-electron chi connectivity index (χ4n) is 2.67. The molecule has 0 bridgehead atoms. The molecule has 0 amide bonds. The van der Waals surface area contributed by atoms with Crippen LogP contribution in [0.1, 0.15) is 6.92 Å². The Morgan fingerprint density at radius 3 is 2.62 bits per heavy atom. The number of rotatable bonds is 6. The number of nitrogens with zero attached hydrogens (tertiary/aromatic N) is 4. The van der Waals surface area contributed by atoms with E-state index in [0.717, 1.165) is 11.8 Å². The summed E-state index contributed by atoms with van der Waals surface area (Å²) in [5.74, 6) is -0.981. The number of nitro benzene ring substituents is 1. The lowest BCUT2D eigenvalue weighted by Gasteiger charge is -2.09. The number of imidazole rings is 1. The van der Waals surface area contributed by atoms with Crippen LogP contribution in [0.25, 0.3) is 16.7 Å². The molecule has 0 saturated carbocycles. The third-order valence-corrected chi connectivity index (χ3v) is 4.96. The predicted octanol–water partition coefficient (Wildman–Crippen LogP) is 3.49. The van der Waals surface area contributed by atoms with Crippen LogP contribution in [0.2, 0.25) is 0 Å². The molecule has 0 aliphatic rings. The van der Waals surface area contributed by atoms with Gasteiger partial charge in [0.15, 0.2) is 10.9 Å². The number of aromatic nitrogens is 2. The van der Waals surface area contributed by atoms with Crippen molar-refractivity contribution in [2.45, 2.75) is 12.1 Å². The van der Waals surface area contributed by atoms with E-state index >= 15 is 0 Å². The number of nitro groups is 1. The van der Waals surface area contributed by atoms with Crippen molar-refractivity contribution in [2.75, 3.05) is 5.75 Å². The lowest BCUT2D eigenvalue weighted by molar-refractivity contribution is -0.384. The quantitative estimate of drug-likeness (QED) is 0.216. The van der Waals surface area contributed by atoms with Crippen molar-refractivity contribution >= 4 is 34.3 Å². The van der Waals surface area contributed by atoms with Gasteiger partial charge in [0, 0.05) is 23.5 Å². The van der Waals surface area contributed by atoms with Crippen LogP contribution in [-0.4, -0.2) is 26.0 Å². The van der Waals surface area contributed by atoms with Crippen molar-refractivity contribution in [3.8, 4) is 11.8 Å². The van der Waals surface area contributed by atoms with Gasteiger partial charge in [0.2, 0.25) is 0 Å². The van der Waals surface area contributed by atoms with E-state index in [0.29, 0.717) is 21.9 Å². The molecule has 0 fully saturated rings. The molecule has 0 spiro atoms. The minimum absolute atomic E-state index is 0.107. The molecule has 8 nitrogen and oxygen atoms in total. The van der Waals surface area contributed by atoms with E-state index in [2.05, 4.69) is 4.98 Å². The Morgan fingerprint density at radius 1 is 1.34 bits per heavy atom. The molecule has 1 heterocycles. The van der Waals surface area contributed by atoms with Gasteiger partial charge in [0.05, 0.1) is 21.7 Å². The van der Waals surface area contributed by atoms with Gasteiger partial charge in [-0.3, -0.25) is 19.5 Å². The summed E-state index contributed by atoms with van der Waals surface area (Å²) >= 11 is 1.05. The van der Waals surface area contributed by atoms with Crippen LogP contribution in [-0.2, 0) is 4.79 Å². The number of benzene rings is 2. The molecule has 3 aromatic rings. The van der Waals surface area contributed by atoms with Crippen molar-refractivity contribution in [3.05, 3.63) is 69.7 Å². The van der Waals surface area contributed by atoms with E-state index < -0.39 is 16.5 Å². The van der Waals surface area contributed by atoms with Crippen LogP contribution < -0.4 is 5.73 Å². The second-order valence-corrected chi connectivity index (χ2v) is 6.96. The summed E-state index contributed by atoms with van der Waals surface area (Å²) in [5, 5.41) is 20.5. The van der Waals surface area contributed by atoms with E-state index in [1.54, 1.807) is 16.7 Å². The number of carbonyl (C=O) groups is 1. The molecule has 0 aliphatic carbocycles. The van der Waals surface area contributed by atoms with Crippen molar-refractivity contribution in [2.24, 2.45) is 5.73 Å². The highest BCUT2D eigenvalue weighted by molar-refractivity contribution is 7.99. The minimum Gasteiger partial charge on any atom is -0.401 e. The summed E-state index contributed by atoms with van der Waals surface area (Å²) < 4.78 is 15.0. The Morgan fingerprint density at radius 2 is 2.03 bits per heavy atom. The number of allylic oxidation sites excluding steroid dienone is 2. The zero-order valence-electron chi connectivity index (χ0n) is 15.1. The first-order valence-electron chi connectivity index (χ1n) is 8.27. The number of carbonyl (C=O) groups excluding carboxylic acids is 1. The molecule has 10 heteroatoms. The Bertz CT molecular complexity index is 1190. The normalized spacial score (nSPS) is 11.8. The van der Waals surface area contributed by atoms with Gasteiger partial charge in [-0.2, -0.15) is 5.26 Å². The maximum absolute atomic E-state index is 13.3. The van der Waals surface area contributed by atoms with Gasteiger partial charge in [-0.15, -0.1) is 0 Å². The number of Topliss-reactive ketones (excluding diaryl/α,β-unsaturated/α-hetero) is 1. The monoisotopic (exact) mass is 411 g/mol. The molecule has 0 saturated heterocycles. The maximum Gasteiger partial charge on any atom is 0.271 e. The number of fused-ring (bicyclic) bond motifs is 1. The smallest absolute Gasteiger partial charge is 0.271 e. The molecule has 2 N–H and O–H groups in total. The van der Waals surface area contributed by atoms with Crippen LogP contribution >= 0.6 is 11.8 Å². The van der Waals surface area contributed by atoms with Gasteiger partial charge in [0.1, 0.15) is 17.5 Å². The molecule has 3 rings (SSSR count). The summed E-state index contributed by atoms with van der Waals surface area (Å²) in [6.07, 6.45) is 0. The largest absolute Gasteiger partial charge is 0.401 e. The molecule has 29 heavy (non-hydrogen) atoms. The van der Waals surface area contributed by atoms with Crippen LogP contribution in [0.4, 0.5) is 10.1 Å². The molecular weight excluding hydrogens is 397 g/mol. The first kappa shape index (κ1) is 20.0. The highest BCUT2D eigenvalue weighted by Gasteiger charge is 2.19. The molecular formula is C19H14FN5O3S. The van der Waals surface area contributed by atoms with Gasteiger partial charge in [-0.05, 0) is 37.3 Å². The molecule has 0 unspecified atom stereocenters. The van der Waals surface area contributed by atoms with Crippen LogP contribution in [0, 0.1) is 27.3 Å². The Kier molecular flexibility index (Phi) is 5.61. The van der Waals surface area contributed by atoms with E-state index in [4.69, 9.17) is 11.0 Å². The minimum atomic E-state index is -0.527. The number of nitriles is 1. The highest BCUT2D eigenvalue weighted by Crippen LogP contribution is 2.30. The molecule has 0 atom stereocenters. The number of hydrogen-bond donors (Lipinski definition) is 1. The van der Waals surface area contributed by atoms with Crippen molar-refractivity contribution < 1.29 is 14.1 Å². The topological polar surface area (TPSA) is 128 Å². The lowest BCUT2D eigenvalue weighted by atomic mass is 10.2. The summed E-state index contributed by atoms with van der Waals surface area (Å²) in [4.78, 5) is 27.2. The summed E-state index contributed by atoms with van der Waals surface area (Å²) in [5.41, 5.74) is 6.92. The van der Waals surface area contributed by atoms with Crippen molar-refractivity contribution in [1.82, 2.24) is 9.55 Å². The van der Waals surface area contributed by atoms with Gasteiger partial charge < -0.3 is 5.73 Å². The second kappa shape index (κ2) is 8.12. The highest BCUT2D eigenvalue weighted by atomic mass is 32.2. The van der Waals surface area contributed by atoms with E-state index in [9.17, 15) is 19.3 Å². The number of halogens is 1. The van der Waals surface area contributed by atoms with Crippen LogP contribution in [0.15, 0.2) is 58.9 Å². The van der Waals surface area contributed by atoms with Crippen molar-refractivity contribution in [1.29, 1.82) is 5.26 Å². The zero-order chi connectivity index (χ0) is 21.1. The van der Waals surface area contributed by atoms with E-state index in [1.807, 2.05) is 0 Å². The average molecular weight is 411 g/mol. The molecule has 2 aromatic carbocycles. The summed E-state index contributed by atoms with van der Waals surface area (Å²) in [6.45, 7) is 1.47. The Balaban J connectivity index is 2.07. The van der Waals surface area contributed by atoms with E-state index in [-0.39, 0.29) is 22.7 Å². The lowest BCUT2D eigenvalue weighted by Crippen LogP contribution is -2.10. The van der Waals surface area contributed by atoms with Crippen LogP contribution in [0.3, 0.4) is 0 Å². The first-order chi connectivity index (χ1) is 13.8. The number of thioether (sulfide) groups is 1. The zero-order valence-corrected chi connectivity index (χ0v) is 15.9. The number of nitrogens with two attached hydrogens (primary N) is 1. The fraction of sp³-hybridized carbons (Fsp3) is 0.105. The predicted molar refractivity (Wildman–Crippen MR) is 106 cm³/mol. The maximum atomic E-state index is 13.3. The average Bonchev–Trinajstić information content (AvgIpc) is 3.04. The van der Waals surface area contributed by atoms with Crippen molar-refractivity contribution in [3.63, 3.8) is 0 Å². The Labute approximate surface area is 168 Å². The van der Waals surface area contributed by atoms with Gasteiger partial charge in [-0.1, -0.05) is 11.8 Å². The van der Waals surface area contributed by atoms with Gasteiger partial charge >= 0.3 is 0 Å². The number of non-ortho nitro benzene ring substituents is 1. The third kappa shape index (κ3) is 4.09. The molecule has 1 aromatic heterocycles. The summed E-state index contributed by atoms with van der Waals surface area (Å²) in [7, 11) is 0. The second-order valence-electron chi connectivity index (χ2n) is 6.02.